The summed E-state index contributed by atoms with van der Waals surface area (Å²) in [5.41, 5.74) is 0.435. The first-order valence-corrected chi connectivity index (χ1v) is 6.03. The van der Waals surface area contributed by atoms with Crippen molar-refractivity contribution in [2.24, 2.45) is 0 Å². The third kappa shape index (κ3) is 2.65. The summed E-state index contributed by atoms with van der Waals surface area (Å²) >= 11 is 0. The number of amides is 1. The minimum absolute atomic E-state index is 0.00678. The zero-order chi connectivity index (χ0) is 15.5. The zero-order valence-electron chi connectivity index (χ0n) is 10.9. The van der Waals surface area contributed by atoms with Crippen molar-refractivity contribution < 1.29 is 14.7 Å². The summed E-state index contributed by atoms with van der Waals surface area (Å²) in [5.74, 6) is -1.59. The lowest BCUT2D eigenvalue weighted by Crippen LogP contribution is -2.22. The maximum atomic E-state index is 12.0. The lowest BCUT2D eigenvalue weighted by Gasteiger charge is -2.05. The van der Waals surface area contributed by atoms with Crippen LogP contribution >= 0.6 is 0 Å². The molecular formula is C12H8N7O3-. The van der Waals surface area contributed by atoms with E-state index in [-0.39, 0.29) is 17.3 Å². The largest absolute Gasteiger partial charge is 0.545 e. The monoisotopic (exact) mass is 298 g/mol. The highest BCUT2D eigenvalue weighted by molar-refractivity contribution is 6.01. The van der Waals surface area contributed by atoms with Gasteiger partial charge in [-0.3, -0.25) is 14.5 Å². The molecule has 3 rings (SSSR count). The first-order chi connectivity index (χ1) is 10.6. The molecule has 0 aliphatic rings. The highest BCUT2D eigenvalue weighted by Crippen LogP contribution is 2.10. The Hall–Kier alpha value is -3.56. The smallest absolute Gasteiger partial charge is 0.293 e. The first kappa shape index (κ1) is 13.4. The first-order valence-electron chi connectivity index (χ1n) is 6.03. The molecule has 0 saturated carbocycles. The maximum Gasteiger partial charge on any atom is 0.293 e. The van der Waals surface area contributed by atoms with E-state index in [2.05, 4.69) is 30.7 Å². The van der Waals surface area contributed by atoms with Crippen LogP contribution in [0.2, 0.25) is 0 Å². The highest BCUT2D eigenvalue weighted by Gasteiger charge is 2.13. The molecule has 0 atom stereocenters. The molecule has 0 fully saturated rings. The number of carbonyl (C=O) groups is 2. The van der Waals surface area contributed by atoms with Crippen LogP contribution in [0.3, 0.4) is 0 Å². The number of aromatic carboxylic acids is 1. The fourth-order valence-electron chi connectivity index (χ4n) is 1.65. The van der Waals surface area contributed by atoms with Gasteiger partial charge in [-0.1, -0.05) is 12.1 Å². The van der Waals surface area contributed by atoms with E-state index in [1.807, 2.05) is 0 Å². The van der Waals surface area contributed by atoms with Crippen LogP contribution in [0.1, 0.15) is 21.0 Å². The summed E-state index contributed by atoms with van der Waals surface area (Å²) in [6, 6.07) is 5.54. The van der Waals surface area contributed by atoms with Gasteiger partial charge in [0.15, 0.2) is 0 Å². The molecule has 0 bridgehead atoms. The molecule has 2 heterocycles. The van der Waals surface area contributed by atoms with E-state index in [1.54, 1.807) is 0 Å². The molecule has 1 amide bonds. The number of carboxylic acids is 1. The number of aromatic nitrogens is 6. The van der Waals surface area contributed by atoms with E-state index < -0.39 is 11.9 Å². The molecule has 2 N–H and O–H groups in total. The number of anilines is 1. The lowest BCUT2D eigenvalue weighted by molar-refractivity contribution is -0.255. The Labute approximate surface area is 122 Å². The quantitative estimate of drug-likeness (QED) is 0.629. The van der Waals surface area contributed by atoms with Crippen molar-refractivity contribution in [1.82, 2.24) is 29.9 Å². The number of nitrogens with zero attached hydrogens (tertiary/aromatic N) is 5. The molecule has 1 aromatic carbocycles. The standard InChI is InChI=1S/C12H9N7O3/c20-10(15-8-3-1-7(2-4-8)11(21)22)9-16-12(18-17-9)19-5-13-14-6-19/h1-6H,(H,15,20)(H,21,22)(H,16,17,18)/p-1. The second-order valence-electron chi connectivity index (χ2n) is 4.17. The van der Waals surface area contributed by atoms with Crippen LogP contribution in [-0.2, 0) is 0 Å². The Kier molecular flexibility index (Phi) is 3.32. The number of carbonyl (C=O) groups excluding carboxylic acids is 2. The van der Waals surface area contributed by atoms with Crippen molar-refractivity contribution in [1.29, 1.82) is 0 Å². The fraction of sp³-hybridized carbons (Fsp3) is 0. The Morgan fingerprint density at radius 1 is 1.14 bits per heavy atom. The number of benzene rings is 1. The van der Waals surface area contributed by atoms with Gasteiger partial charge in [0.1, 0.15) is 12.7 Å². The average Bonchev–Trinajstić information content (AvgIpc) is 3.19. The molecule has 10 heteroatoms. The molecule has 0 spiro atoms. The molecule has 22 heavy (non-hydrogen) atoms. The average molecular weight is 298 g/mol. The molecule has 2 aromatic heterocycles. The van der Waals surface area contributed by atoms with Gasteiger partial charge in [0.25, 0.3) is 11.9 Å². The van der Waals surface area contributed by atoms with Crippen LogP contribution in [0.15, 0.2) is 36.9 Å². The number of aromatic amines is 1. The van der Waals surface area contributed by atoms with Gasteiger partial charge < -0.3 is 15.2 Å². The SMILES string of the molecule is O=C([O-])c1ccc(NC(=O)c2nc(-n3cnnc3)n[nH]2)cc1. The van der Waals surface area contributed by atoms with Gasteiger partial charge in [0.05, 0.1) is 5.97 Å². The summed E-state index contributed by atoms with van der Waals surface area (Å²) in [6.07, 6.45) is 2.78. The third-order valence-corrected chi connectivity index (χ3v) is 2.72. The van der Waals surface area contributed by atoms with Crippen LogP contribution in [0.25, 0.3) is 5.95 Å². The van der Waals surface area contributed by atoms with Crippen LogP contribution in [-0.4, -0.2) is 41.8 Å². The molecule has 0 aliphatic carbocycles. The van der Waals surface area contributed by atoms with Crippen LogP contribution < -0.4 is 10.4 Å². The van der Waals surface area contributed by atoms with Gasteiger partial charge in [-0.2, -0.15) is 4.98 Å². The van der Waals surface area contributed by atoms with E-state index in [9.17, 15) is 14.7 Å². The Morgan fingerprint density at radius 2 is 1.82 bits per heavy atom. The van der Waals surface area contributed by atoms with E-state index in [0.717, 1.165) is 0 Å². The van der Waals surface area contributed by atoms with Gasteiger partial charge in [-0.15, -0.1) is 15.3 Å². The maximum absolute atomic E-state index is 12.0. The Bertz CT molecular complexity index is 808. The van der Waals surface area contributed by atoms with E-state index >= 15 is 0 Å². The number of hydrogen-bond acceptors (Lipinski definition) is 7. The van der Waals surface area contributed by atoms with E-state index in [4.69, 9.17) is 0 Å². The van der Waals surface area contributed by atoms with Crippen molar-refractivity contribution in [2.45, 2.75) is 0 Å². The minimum Gasteiger partial charge on any atom is -0.545 e. The predicted octanol–water partition coefficient (Wildman–Crippen LogP) is -0.999. The number of rotatable bonds is 4. The molecule has 3 aromatic rings. The lowest BCUT2D eigenvalue weighted by atomic mass is 10.2. The third-order valence-electron chi connectivity index (χ3n) is 2.72. The van der Waals surface area contributed by atoms with Gasteiger partial charge in [-0.05, 0) is 17.7 Å². The fourth-order valence-corrected chi connectivity index (χ4v) is 1.65. The highest BCUT2D eigenvalue weighted by atomic mass is 16.4. The summed E-state index contributed by atoms with van der Waals surface area (Å²) in [6.45, 7) is 0. The minimum atomic E-state index is -1.29. The van der Waals surface area contributed by atoms with Crippen molar-refractivity contribution >= 4 is 17.6 Å². The number of H-pyrrole nitrogens is 1. The number of hydrogen-bond donors (Lipinski definition) is 2. The van der Waals surface area contributed by atoms with Crippen molar-refractivity contribution in [3.8, 4) is 5.95 Å². The second-order valence-corrected chi connectivity index (χ2v) is 4.17. The number of carboxylic acid groups (broad SMARTS) is 1. The predicted molar refractivity (Wildman–Crippen MR) is 70.0 cm³/mol. The molecule has 0 aliphatic heterocycles. The molecule has 110 valence electrons. The summed E-state index contributed by atoms with van der Waals surface area (Å²) in [5, 5.41) is 26.8. The van der Waals surface area contributed by atoms with Crippen molar-refractivity contribution in [2.75, 3.05) is 5.32 Å². The van der Waals surface area contributed by atoms with E-state index in [0.29, 0.717) is 5.69 Å². The van der Waals surface area contributed by atoms with Crippen LogP contribution in [0.4, 0.5) is 5.69 Å². The van der Waals surface area contributed by atoms with Gasteiger partial charge >= 0.3 is 0 Å². The molecule has 0 unspecified atom stereocenters. The Balaban J connectivity index is 1.73. The topological polar surface area (TPSA) is 142 Å². The van der Waals surface area contributed by atoms with Crippen LogP contribution in [0, 0.1) is 0 Å². The summed E-state index contributed by atoms with van der Waals surface area (Å²) < 4.78 is 1.43. The summed E-state index contributed by atoms with van der Waals surface area (Å²) in [4.78, 5) is 26.6. The van der Waals surface area contributed by atoms with Crippen LogP contribution in [0.5, 0.6) is 0 Å². The van der Waals surface area contributed by atoms with E-state index in [1.165, 1.54) is 41.5 Å². The molecule has 0 saturated heterocycles. The van der Waals surface area contributed by atoms with Gasteiger partial charge in [0, 0.05) is 5.69 Å². The van der Waals surface area contributed by atoms with Crippen molar-refractivity contribution in [3.05, 3.63) is 48.3 Å². The second kappa shape index (κ2) is 5.44. The molecular weight excluding hydrogens is 290 g/mol. The Morgan fingerprint density at radius 3 is 2.45 bits per heavy atom. The van der Waals surface area contributed by atoms with Gasteiger partial charge in [-0.25, -0.2) is 0 Å². The summed E-state index contributed by atoms with van der Waals surface area (Å²) in [7, 11) is 0. The van der Waals surface area contributed by atoms with Gasteiger partial charge in [0.2, 0.25) is 5.82 Å². The zero-order valence-corrected chi connectivity index (χ0v) is 10.9. The molecule has 0 radical (unpaired) electrons. The number of nitrogens with one attached hydrogen (secondary N) is 2. The van der Waals surface area contributed by atoms with Crippen molar-refractivity contribution in [3.63, 3.8) is 0 Å². The molecule has 10 nitrogen and oxygen atoms in total. The normalized spacial score (nSPS) is 10.4.